The Kier molecular flexibility index (Phi) is 6.45. The number of amides is 2. The number of benzene rings is 2. The highest BCUT2D eigenvalue weighted by atomic mass is 35.5. The monoisotopic (exact) mass is 347 g/mol. The fourth-order valence-electron chi connectivity index (χ4n) is 1.97. The minimum absolute atomic E-state index is 0.372. The lowest BCUT2D eigenvalue weighted by Gasteiger charge is -2.14. The number of nitrogens with one attached hydrogen (secondary N) is 1. The van der Waals surface area contributed by atoms with Gasteiger partial charge in [-0.2, -0.15) is 5.10 Å². The molecule has 7 heteroatoms. The van der Waals surface area contributed by atoms with Crippen molar-refractivity contribution in [2.24, 2.45) is 10.8 Å². The van der Waals surface area contributed by atoms with Gasteiger partial charge in [-0.3, -0.25) is 0 Å². The number of nitrogens with two attached hydrogens (primary N) is 1. The Morgan fingerprint density at radius 1 is 1.29 bits per heavy atom. The van der Waals surface area contributed by atoms with Crippen molar-refractivity contribution in [3.05, 3.63) is 58.6 Å². The van der Waals surface area contributed by atoms with Gasteiger partial charge in [0.25, 0.3) is 0 Å². The second-order valence-corrected chi connectivity index (χ2v) is 5.18. The van der Waals surface area contributed by atoms with E-state index in [1.54, 1.807) is 12.1 Å². The maximum atomic E-state index is 10.6. The number of urea groups is 1. The van der Waals surface area contributed by atoms with Gasteiger partial charge in [-0.15, -0.1) is 0 Å². The summed E-state index contributed by atoms with van der Waals surface area (Å²) in [5, 5.41) is 4.09. The number of nitrogens with zero attached hydrogens (tertiary/aromatic N) is 1. The van der Waals surface area contributed by atoms with Gasteiger partial charge >= 0.3 is 6.03 Å². The number of carbonyl (C=O) groups excluding carboxylic acids is 1. The second kappa shape index (κ2) is 8.79. The van der Waals surface area contributed by atoms with Crippen LogP contribution in [0.4, 0.5) is 4.79 Å². The van der Waals surface area contributed by atoms with Crippen molar-refractivity contribution in [1.82, 2.24) is 5.43 Å². The molecule has 0 bridgehead atoms. The van der Waals surface area contributed by atoms with E-state index in [2.05, 4.69) is 10.5 Å². The summed E-state index contributed by atoms with van der Waals surface area (Å²) in [5.41, 5.74) is 8.73. The van der Waals surface area contributed by atoms with Crippen LogP contribution in [-0.2, 0) is 6.61 Å². The average Bonchev–Trinajstić information content (AvgIpc) is 2.55. The smallest absolute Gasteiger partial charge is 0.332 e. The van der Waals surface area contributed by atoms with Crippen molar-refractivity contribution < 1.29 is 14.3 Å². The highest BCUT2D eigenvalue weighted by Gasteiger charge is 2.12. The van der Waals surface area contributed by atoms with Gasteiger partial charge < -0.3 is 15.2 Å². The van der Waals surface area contributed by atoms with E-state index in [1.807, 2.05) is 37.3 Å². The molecule has 0 saturated heterocycles. The van der Waals surface area contributed by atoms with Crippen LogP contribution < -0.4 is 20.6 Å². The van der Waals surface area contributed by atoms with Crippen LogP contribution in [0.3, 0.4) is 0 Å². The largest absolute Gasteiger partial charge is 0.490 e. The van der Waals surface area contributed by atoms with Gasteiger partial charge in [0.2, 0.25) is 0 Å². The topological polar surface area (TPSA) is 85.9 Å². The van der Waals surface area contributed by atoms with Crippen molar-refractivity contribution in [2.45, 2.75) is 13.5 Å². The molecule has 0 radical (unpaired) electrons. The standard InChI is InChI=1S/C17H18ClN3O3/c1-2-23-15-9-13(10-20-21-17(19)22)8-14(18)16(15)24-11-12-6-4-3-5-7-12/h3-10H,2,11H2,1H3,(H3,19,21,22)/b20-10-. The molecule has 2 aromatic rings. The van der Waals surface area contributed by atoms with Crippen molar-refractivity contribution in [3.63, 3.8) is 0 Å². The van der Waals surface area contributed by atoms with Crippen LogP contribution in [-0.4, -0.2) is 18.9 Å². The summed E-state index contributed by atoms with van der Waals surface area (Å²) in [5.74, 6) is 0.962. The fourth-order valence-corrected chi connectivity index (χ4v) is 2.24. The van der Waals surface area contributed by atoms with E-state index in [-0.39, 0.29) is 0 Å². The van der Waals surface area contributed by atoms with E-state index in [9.17, 15) is 4.79 Å². The molecule has 0 atom stereocenters. The molecule has 0 saturated carbocycles. The Morgan fingerprint density at radius 3 is 2.71 bits per heavy atom. The van der Waals surface area contributed by atoms with Crippen molar-refractivity contribution in [2.75, 3.05) is 6.61 Å². The lowest BCUT2D eigenvalue weighted by molar-refractivity contribution is 0.249. The van der Waals surface area contributed by atoms with Gasteiger partial charge in [0.1, 0.15) is 6.61 Å². The molecule has 2 aromatic carbocycles. The number of hydrogen-bond acceptors (Lipinski definition) is 4. The third kappa shape index (κ3) is 5.17. The van der Waals surface area contributed by atoms with Gasteiger partial charge in [0, 0.05) is 0 Å². The molecule has 0 aliphatic carbocycles. The first-order chi connectivity index (χ1) is 11.6. The summed E-state index contributed by atoms with van der Waals surface area (Å²) >= 11 is 6.30. The van der Waals surface area contributed by atoms with Crippen LogP contribution in [0.25, 0.3) is 0 Å². The van der Waals surface area contributed by atoms with Crippen molar-refractivity contribution >= 4 is 23.8 Å². The third-order valence-electron chi connectivity index (χ3n) is 2.95. The van der Waals surface area contributed by atoms with Crippen LogP contribution in [0.1, 0.15) is 18.1 Å². The molecule has 0 aliphatic heterocycles. The molecule has 126 valence electrons. The molecule has 3 N–H and O–H groups in total. The molecule has 0 fully saturated rings. The lowest BCUT2D eigenvalue weighted by Crippen LogP contribution is -2.24. The lowest BCUT2D eigenvalue weighted by atomic mass is 10.2. The van der Waals surface area contributed by atoms with E-state index in [0.717, 1.165) is 5.56 Å². The van der Waals surface area contributed by atoms with Crippen LogP contribution in [0, 0.1) is 0 Å². The zero-order valence-electron chi connectivity index (χ0n) is 13.2. The quantitative estimate of drug-likeness (QED) is 0.595. The van der Waals surface area contributed by atoms with Crippen LogP contribution in [0.15, 0.2) is 47.6 Å². The number of rotatable bonds is 7. The van der Waals surface area contributed by atoms with Gasteiger partial charge in [0.15, 0.2) is 11.5 Å². The van der Waals surface area contributed by atoms with Crippen molar-refractivity contribution in [1.29, 1.82) is 0 Å². The number of primary amides is 1. The van der Waals surface area contributed by atoms with E-state index in [4.69, 9.17) is 26.8 Å². The number of halogens is 1. The molecule has 2 amide bonds. The van der Waals surface area contributed by atoms with E-state index >= 15 is 0 Å². The molecular weight excluding hydrogens is 330 g/mol. The van der Waals surface area contributed by atoms with E-state index in [0.29, 0.717) is 35.3 Å². The number of hydrazone groups is 1. The SMILES string of the molecule is CCOc1cc(/C=N\NC(N)=O)cc(Cl)c1OCc1ccccc1. The van der Waals surface area contributed by atoms with Crippen LogP contribution >= 0.6 is 11.6 Å². The fraction of sp³-hybridized carbons (Fsp3) is 0.176. The molecule has 0 unspecified atom stereocenters. The maximum absolute atomic E-state index is 10.6. The molecule has 0 spiro atoms. The van der Waals surface area contributed by atoms with Crippen molar-refractivity contribution in [3.8, 4) is 11.5 Å². The molecule has 2 rings (SSSR count). The zero-order chi connectivity index (χ0) is 17.4. The molecule has 6 nitrogen and oxygen atoms in total. The van der Waals surface area contributed by atoms with Crippen LogP contribution in [0.2, 0.25) is 5.02 Å². The van der Waals surface area contributed by atoms with Gasteiger partial charge in [-0.1, -0.05) is 41.9 Å². The summed E-state index contributed by atoms with van der Waals surface area (Å²) in [6.45, 7) is 2.69. The summed E-state index contributed by atoms with van der Waals surface area (Å²) in [6, 6.07) is 12.4. The van der Waals surface area contributed by atoms with Gasteiger partial charge in [-0.05, 0) is 30.2 Å². The normalized spacial score (nSPS) is 10.6. The maximum Gasteiger partial charge on any atom is 0.332 e. The predicted octanol–water partition coefficient (Wildman–Crippen LogP) is 3.32. The first kappa shape index (κ1) is 17.6. The Labute approximate surface area is 145 Å². The molecule has 24 heavy (non-hydrogen) atoms. The highest BCUT2D eigenvalue weighted by molar-refractivity contribution is 6.32. The van der Waals surface area contributed by atoms with Gasteiger partial charge in [0.05, 0.1) is 17.8 Å². The Bertz CT molecular complexity index is 721. The first-order valence-electron chi connectivity index (χ1n) is 7.31. The third-order valence-corrected chi connectivity index (χ3v) is 3.23. The second-order valence-electron chi connectivity index (χ2n) is 4.77. The van der Waals surface area contributed by atoms with E-state index < -0.39 is 6.03 Å². The summed E-state index contributed by atoms with van der Waals surface area (Å²) in [7, 11) is 0. The first-order valence-corrected chi connectivity index (χ1v) is 7.69. The van der Waals surface area contributed by atoms with Gasteiger partial charge in [-0.25, -0.2) is 10.2 Å². The molecule has 0 heterocycles. The molecular formula is C17H18ClN3O3. The number of carbonyl (C=O) groups is 1. The Balaban J connectivity index is 2.20. The minimum Gasteiger partial charge on any atom is -0.490 e. The number of ether oxygens (including phenoxy) is 2. The van der Waals surface area contributed by atoms with Crippen LogP contribution in [0.5, 0.6) is 11.5 Å². The Morgan fingerprint density at radius 2 is 2.04 bits per heavy atom. The Hall–Kier alpha value is -2.73. The average molecular weight is 348 g/mol. The highest BCUT2D eigenvalue weighted by Crippen LogP contribution is 2.36. The molecule has 0 aliphatic rings. The summed E-state index contributed by atoms with van der Waals surface area (Å²) in [6.07, 6.45) is 1.42. The minimum atomic E-state index is -0.745. The molecule has 0 aromatic heterocycles. The summed E-state index contributed by atoms with van der Waals surface area (Å²) < 4.78 is 11.4. The predicted molar refractivity (Wildman–Crippen MR) is 93.7 cm³/mol. The zero-order valence-corrected chi connectivity index (χ0v) is 13.9. The number of hydrogen-bond donors (Lipinski definition) is 2. The summed E-state index contributed by atoms with van der Waals surface area (Å²) in [4.78, 5) is 10.6. The van der Waals surface area contributed by atoms with E-state index in [1.165, 1.54) is 6.21 Å².